The van der Waals surface area contributed by atoms with Gasteiger partial charge < -0.3 is 19.1 Å². The summed E-state index contributed by atoms with van der Waals surface area (Å²) in [6.07, 6.45) is 7.87. The Kier molecular flexibility index (Phi) is 9.68. The smallest absolute Gasteiger partial charge is 0.305 e. The summed E-state index contributed by atoms with van der Waals surface area (Å²) in [4.78, 5) is 11.0. The topological polar surface area (TPSA) is 55.8 Å². The summed E-state index contributed by atoms with van der Waals surface area (Å²) >= 11 is 0. The van der Waals surface area contributed by atoms with Gasteiger partial charge in [0.2, 0.25) is 0 Å². The average Bonchev–Trinajstić information content (AvgIpc) is 2.49. The molecule has 1 fully saturated rings. The molecule has 0 aromatic rings. The molecule has 0 unspecified atom stereocenters. The average molecular weight is 316 g/mol. The van der Waals surface area contributed by atoms with Gasteiger partial charge in [-0.2, -0.15) is 0 Å². The van der Waals surface area contributed by atoms with Gasteiger partial charge in [-0.15, -0.1) is 0 Å². The maximum absolute atomic E-state index is 11.0. The minimum Gasteiger partial charge on any atom is -0.469 e. The van der Waals surface area contributed by atoms with Crippen molar-refractivity contribution in [1.82, 2.24) is 0 Å². The van der Waals surface area contributed by atoms with Gasteiger partial charge in [0.1, 0.15) is 25.7 Å². The third kappa shape index (κ3) is 8.71. The molecule has 0 amide bonds. The number of rotatable bonds is 11. The number of quaternary nitrogens is 1. The van der Waals surface area contributed by atoms with Gasteiger partial charge in [-0.05, 0) is 12.8 Å². The summed E-state index contributed by atoms with van der Waals surface area (Å²) < 4.78 is 10.9. The number of aliphatic hydroxyl groups is 1. The van der Waals surface area contributed by atoms with Gasteiger partial charge in [0.15, 0.2) is 0 Å². The van der Waals surface area contributed by atoms with Gasteiger partial charge in [-0.3, -0.25) is 4.79 Å². The van der Waals surface area contributed by atoms with E-state index in [-0.39, 0.29) is 12.1 Å². The van der Waals surface area contributed by atoms with E-state index in [4.69, 9.17) is 4.74 Å². The SMILES string of the molecule is COC(=O)CCCCCCCC[C@H](O)C[N+]1(C)CCOCC1. The molecule has 5 heteroatoms. The van der Waals surface area contributed by atoms with Crippen LogP contribution in [0.15, 0.2) is 0 Å². The van der Waals surface area contributed by atoms with Crippen molar-refractivity contribution < 1.29 is 23.9 Å². The molecule has 0 radical (unpaired) electrons. The second-order valence-electron chi connectivity index (χ2n) is 6.75. The van der Waals surface area contributed by atoms with Gasteiger partial charge >= 0.3 is 5.97 Å². The highest BCUT2D eigenvalue weighted by Gasteiger charge is 2.27. The lowest BCUT2D eigenvalue weighted by atomic mass is 10.1. The minimum atomic E-state index is -0.192. The van der Waals surface area contributed by atoms with Crippen molar-refractivity contribution in [1.29, 1.82) is 0 Å². The Morgan fingerprint density at radius 3 is 2.36 bits per heavy atom. The zero-order valence-corrected chi connectivity index (χ0v) is 14.4. The molecule has 130 valence electrons. The van der Waals surface area contributed by atoms with Crippen LogP contribution in [0.2, 0.25) is 0 Å². The second kappa shape index (κ2) is 11.0. The quantitative estimate of drug-likeness (QED) is 0.360. The number of hydrogen-bond donors (Lipinski definition) is 1. The number of hydrogen-bond acceptors (Lipinski definition) is 4. The lowest BCUT2D eigenvalue weighted by Crippen LogP contribution is -2.55. The molecule has 1 atom stereocenters. The van der Waals surface area contributed by atoms with E-state index in [2.05, 4.69) is 11.8 Å². The Labute approximate surface area is 135 Å². The van der Waals surface area contributed by atoms with Crippen LogP contribution in [0.1, 0.15) is 51.4 Å². The molecule has 1 aliphatic rings. The molecule has 0 aromatic heterocycles. The number of nitrogens with zero attached hydrogens (tertiary/aromatic N) is 1. The molecule has 1 heterocycles. The fraction of sp³-hybridized carbons (Fsp3) is 0.941. The molecule has 0 bridgehead atoms. The number of morpholine rings is 1. The fourth-order valence-corrected chi connectivity index (χ4v) is 3.02. The van der Waals surface area contributed by atoms with Crippen LogP contribution in [-0.4, -0.2) is 68.7 Å². The van der Waals surface area contributed by atoms with Crippen LogP contribution in [0.25, 0.3) is 0 Å². The maximum Gasteiger partial charge on any atom is 0.305 e. The standard InChI is InChI=1S/C17H34NO4/c1-18(11-13-22-14-12-18)15-16(19)9-7-5-3-4-6-8-10-17(20)21-2/h16,19H,3-15H2,1-2H3/q+1/t16-/m0/s1. The van der Waals surface area contributed by atoms with Crippen molar-refractivity contribution in [2.45, 2.75) is 57.5 Å². The van der Waals surface area contributed by atoms with Crippen molar-refractivity contribution in [3.8, 4) is 0 Å². The lowest BCUT2D eigenvalue weighted by Gasteiger charge is -2.38. The summed E-state index contributed by atoms with van der Waals surface area (Å²) in [6, 6.07) is 0. The molecular formula is C17H34NO4+. The highest BCUT2D eigenvalue weighted by molar-refractivity contribution is 5.68. The maximum atomic E-state index is 11.0. The van der Waals surface area contributed by atoms with Gasteiger partial charge in [0, 0.05) is 6.42 Å². The van der Waals surface area contributed by atoms with Crippen LogP contribution < -0.4 is 0 Å². The first kappa shape index (κ1) is 19.4. The van der Waals surface area contributed by atoms with E-state index in [9.17, 15) is 9.90 Å². The monoisotopic (exact) mass is 316 g/mol. The number of ether oxygens (including phenoxy) is 2. The fourth-order valence-electron chi connectivity index (χ4n) is 3.02. The Bertz CT molecular complexity index is 303. The van der Waals surface area contributed by atoms with Gasteiger partial charge in [0.25, 0.3) is 0 Å². The van der Waals surface area contributed by atoms with Crippen LogP contribution in [0.5, 0.6) is 0 Å². The molecule has 1 rings (SSSR count). The molecule has 1 saturated heterocycles. The van der Waals surface area contributed by atoms with Crippen LogP contribution >= 0.6 is 0 Å². The number of esters is 1. The first-order valence-electron chi connectivity index (χ1n) is 8.72. The summed E-state index contributed by atoms with van der Waals surface area (Å²) in [7, 11) is 3.65. The normalized spacial score (nSPS) is 18.9. The van der Waals surface area contributed by atoms with Crippen molar-refractivity contribution in [3.05, 3.63) is 0 Å². The molecule has 0 aromatic carbocycles. The van der Waals surface area contributed by atoms with Crippen LogP contribution in [0.4, 0.5) is 0 Å². The number of aliphatic hydroxyl groups excluding tert-OH is 1. The van der Waals surface area contributed by atoms with Crippen molar-refractivity contribution in [2.75, 3.05) is 47.0 Å². The molecule has 1 aliphatic heterocycles. The van der Waals surface area contributed by atoms with E-state index in [0.717, 1.165) is 69.4 Å². The summed E-state index contributed by atoms with van der Waals surface area (Å²) in [5.41, 5.74) is 0. The highest BCUT2D eigenvalue weighted by Crippen LogP contribution is 2.14. The molecular weight excluding hydrogens is 282 g/mol. The molecule has 0 saturated carbocycles. The third-order valence-corrected chi connectivity index (χ3v) is 4.60. The number of carbonyl (C=O) groups is 1. The zero-order chi connectivity index (χ0) is 16.3. The van der Waals surface area contributed by atoms with Gasteiger partial charge in [0.05, 0.1) is 27.4 Å². The predicted octanol–water partition coefficient (Wildman–Crippen LogP) is 2.12. The Balaban J connectivity index is 1.94. The largest absolute Gasteiger partial charge is 0.469 e. The van der Waals surface area contributed by atoms with E-state index in [1.165, 1.54) is 20.0 Å². The van der Waals surface area contributed by atoms with E-state index in [1.54, 1.807) is 0 Å². The van der Waals surface area contributed by atoms with Gasteiger partial charge in [-0.1, -0.05) is 32.1 Å². The van der Waals surface area contributed by atoms with E-state index in [0.29, 0.717) is 6.42 Å². The van der Waals surface area contributed by atoms with Crippen LogP contribution in [-0.2, 0) is 14.3 Å². The number of carbonyl (C=O) groups excluding carboxylic acids is 1. The van der Waals surface area contributed by atoms with Crippen molar-refractivity contribution in [3.63, 3.8) is 0 Å². The molecule has 0 aliphatic carbocycles. The Morgan fingerprint density at radius 1 is 1.14 bits per heavy atom. The van der Waals surface area contributed by atoms with Crippen LogP contribution in [0, 0.1) is 0 Å². The molecule has 1 N–H and O–H groups in total. The first-order chi connectivity index (χ1) is 10.6. The first-order valence-corrected chi connectivity index (χ1v) is 8.72. The number of likely N-dealkylation sites (N-methyl/N-ethyl adjacent to an activating group) is 1. The van der Waals surface area contributed by atoms with E-state index in [1.807, 2.05) is 0 Å². The molecule has 5 nitrogen and oxygen atoms in total. The van der Waals surface area contributed by atoms with Crippen molar-refractivity contribution in [2.24, 2.45) is 0 Å². The number of unbranched alkanes of at least 4 members (excludes halogenated alkanes) is 5. The predicted molar refractivity (Wildman–Crippen MR) is 86.6 cm³/mol. The zero-order valence-electron chi connectivity index (χ0n) is 14.4. The van der Waals surface area contributed by atoms with Gasteiger partial charge in [-0.25, -0.2) is 0 Å². The summed E-state index contributed by atoms with van der Waals surface area (Å²) in [5.74, 6) is -0.108. The van der Waals surface area contributed by atoms with E-state index < -0.39 is 0 Å². The summed E-state index contributed by atoms with van der Waals surface area (Å²) in [5, 5.41) is 10.2. The lowest BCUT2D eigenvalue weighted by molar-refractivity contribution is -0.919. The molecule has 0 spiro atoms. The van der Waals surface area contributed by atoms with E-state index >= 15 is 0 Å². The Hall–Kier alpha value is -0.650. The third-order valence-electron chi connectivity index (χ3n) is 4.60. The Morgan fingerprint density at radius 2 is 1.73 bits per heavy atom. The van der Waals surface area contributed by atoms with Crippen LogP contribution in [0.3, 0.4) is 0 Å². The minimum absolute atomic E-state index is 0.108. The molecule has 22 heavy (non-hydrogen) atoms. The summed E-state index contributed by atoms with van der Waals surface area (Å²) in [6.45, 7) is 4.50. The second-order valence-corrected chi connectivity index (χ2v) is 6.75. The number of methoxy groups -OCH3 is 1. The van der Waals surface area contributed by atoms with Crippen molar-refractivity contribution >= 4 is 5.97 Å². The highest BCUT2D eigenvalue weighted by atomic mass is 16.5.